The van der Waals surface area contributed by atoms with Gasteiger partial charge in [0.1, 0.15) is 0 Å². The van der Waals surface area contributed by atoms with Gasteiger partial charge in [-0.15, -0.1) is 0 Å². The van der Waals surface area contributed by atoms with Crippen LogP contribution in [0.15, 0.2) is 21.9 Å². The maximum absolute atomic E-state index is 11.2. The van der Waals surface area contributed by atoms with E-state index in [9.17, 15) is 14.4 Å². The van der Waals surface area contributed by atoms with Gasteiger partial charge in [0, 0.05) is 18.8 Å². The molecular formula is C8H11N3O3. The summed E-state index contributed by atoms with van der Waals surface area (Å²) in [6, 6.07) is 1.22. The maximum Gasteiger partial charge on any atom is 0.328 e. The standard InChI is InChI=1S/C8H11N3O3/c1-5(7(9)13)4-11-3-2-6(12)10-8(11)14/h2-3,5H,4H2,1H3,(H2,9,13)(H,10,12,14). The SMILES string of the molecule is CC(Cn1ccc(=O)[nH]c1=O)C(N)=O. The first-order valence-corrected chi connectivity index (χ1v) is 4.10. The Morgan fingerprint density at radius 1 is 1.64 bits per heavy atom. The van der Waals surface area contributed by atoms with E-state index in [0.29, 0.717) is 0 Å². The van der Waals surface area contributed by atoms with Crippen LogP contribution < -0.4 is 17.0 Å². The van der Waals surface area contributed by atoms with Crippen LogP contribution in [0.5, 0.6) is 0 Å². The minimum Gasteiger partial charge on any atom is -0.369 e. The van der Waals surface area contributed by atoms with Gasteiger partial charge >= 0.3 is 5.69 Å². The molecule has 1 rings (SSSR count). The zero-order valence-electron chi connectivity index (χ0n) is 7.69. The van der Waals surface area contributed by atoms with Crippen molar-refractivity contribution in [3.63, 3.8) is 0 Å². The molecule has 0 aliphatic carbocycles. The van der Waals surface area contributed by atoms with Crippen LogP contribution in [0.1, 0.15) is 6.92 Å². The highest BCUT2D eigenvalue weighted by atomic mass is 16.2. The molecule has 0 aliphatic heterocycles. The summed E-state index contributed by atoms with van der Waals surface area (Å²) in [5.74, 6) is -0.929. The number of hydrogen-bond donors (Lipinski definition) is 2. The minimum absolute atomic E-state index is 0.172. The quantitative estimate of drug-likeness (QED) is 0.627. The lowest BCUT2D eigenvalue weighted by Gasteiger charge is -2.08. The van der Waals surface area contributed by atoms with Crippen LogP contribution in [-0.2, 0) is 11.3 Å². The molecular weight excluding hydrogens is 186 g/mol. The number of aromatic amines is 1. The predicted molar refractivity (Wildman–Crippen MR) is 49.7 cm³/mol. The number of nitrogens with two attached hydrogens (primary N) is 1. The summed E-state index contributed by atoms with van der Waals surface area (Å²) in [6.45, 7) is 1.78. The second-order valence-corrected chi connectivity index (χ2v) is 3.07. The van der Waals surface area contributed by atoms with Crippen molar-refractivity contribution >= 4 is 5.91 Å². The van der Waals surface area contributed by atoms with E-state index >= 15 is 0 Å². The molecule has 6 nitrogen and oxygen atoms in total. The minimum atomic E-state index is -0.536. The molecule has 1 atom stereocenters. The van der Waals surface area contributed by atoms with Crippen molar-refractivity contribution in [3.05, 3.63) is 33.1 Å². The normalized spacial score (nSPS) is 12.4. The number of aromatic nitrogens is 2. The summed E-state index contributed by atoms with van der Waals surface area (Å²) in [5, 5.41) is 0. The second-order valence-electron chi connectivity index (χ2n) is 3.07. The summed E-state index contributed by atoms with van der Waals surface area (Å²) in [5.41, 5.74) is 4.04. The Hall–Kier alpha value is -1.85. The van der Waals surface area contributed by atoms with Gasteiger partial charge in [-0.3, -0.25) is 19.1 Å². The van der Waals surface area contributed by atoms with Gasteiger partial charge in [0.25, 0.3) is 5.56 Å². The molecule has 0 radical (unpaired) electrons. The van der Waals surface area contributed by atoms with Crippen molar-refractivity contribution < 1.29 is 4.79 Å². The number of nitrogens with one attached hydrogen (secondary N) is 1. The average Bonchev–Trinajstić information content (AvgIpc) is 2.09. The Balaban J connectivity index is 2.93. The number of amides is 1. The highest BCUT2D eigenvalue weighted by Crippen LogP contribution is 1.95. The van der Waals surface area contributed by atoms with Crippen molar-refractivity contribution in [1.82, 2.24) is 9.55 Å². The Morgan fingerprint density at radius 2 is 2.29 bits per heavy atom. The lowest BCUT2D eigenvalue weighted by Crippen LogP contribution is -2.33. The van der Waals surface area contributed by atoms with Crippen LogP contribution in [0, 0.1) is 5.92 Å². The second kappa shape index (κ2) is 3.91. The van der Waals surface area contributed by atoms with E-state index in [2.05, 4.69) is 4.98 Å². The first kappa shape index (κ1) is 10.2. The van der Waals surface area contributed by atoms with E-state index in [1.54, 1.807) is 6.92 Å². The van der Waals surface area contributed by atoms with Crippen LogP contribution in [-0.4, -0.2) is 15.5 Å². The highest BCUT2D eigenvalue weighted by Gasteiger charge is 2.09. The summed E-state index contributed by atoms with van der Waals surface area (Å²) < 4.78 is 1.23. The molecule has 1 heterocycles. The molecule has 0 saturated heterocycles. The van der Waals surface area contributed by atoms with Gasteiger partial charge in [-0.05, 0) is 0 Å². The van der Waals surface area contributed by atoms with Gasteiger partial charge < -0.3 is 5.73 Å². The maximum atomic E-state index is 11.2. The van der Waals surface area contributed by atoms with E-state index < -0.39 is 23.1 Å². The van der Waals surface area contributed by atoms with Crippen LogP contribution in [0.4, 0.5) is 0 Å². The van der Waals surface area contributed by atoms with Crippen molar-refractivity contribution in [3.8, 4) is 0 Å². The highest BCUT2D eigenvalue weighted by molar-refractivity contribution is 5.76. The molecule has 0 fully saturated rings. The molecule has 6 heteroatoms. The van der Waals surface area contributed by atoms with Crippen molar-refractivity contribution in [2.45, 2.75) is 13.5 Å². The fourth-order valence-electron chi connectivity index (χ4n) is 0.973. The molecule has 1 amide bonds. The van der Waals surface area contributed by atoms with Crippen molar-refractivity contribution in [2.75, 3.05) is 0 Å². The van der Waals surface area contributed by atoms with E-state index in [4.69, 9.17) is 5.73 Å². The van der Waals surface area contributed by atoms with Crippen LogP contribution in [0.3, 0.4) is 0 Å². The lowest BCUT2D eigenvalue weighted by molar-refractivity contribution is -0.121. The van der Waals surface area contributed by atoms with Crippen molar-refractivity contribution in [2.24, 2.45) is 11.7 Å². The Labute approximate surface area is 79.4 Å². The molecule has 0 aliphatic rings. The topological polar surface area (TPSA) is 97.9 Å². The van der Waals surface area contributed by atoms with Gasteiger partial charge in [-0.25, -0.2) is 4.79 Å². The van der Waals surface area contributed by atoms with Gasteiger partial charge in [-0.1, -0.05) is 6.92 Å². The van der Waals surface area contributed by atoms with E-state index in [1.807, 2.05) is 0 Å². The van der Waals surface area contributed by atoms with E-state index in [0.717, 1.165) is 0 Å². The number of rotatable bonds is 3. The molecule has 3 N–H and O–H groups in total. The lowest BCUT2D eigenvalue weighted by atomic mass is 10.2. The first-order valence-electron chi connectivity index (χ1n) is 4.10. The third-order valence-corrected chi connectivity index (χ3v) is 1.85. The number of carbonyl (C=O) groups is 1. The Kier molecular flexibility index (Phi) is 2.85. The predicted octanol–water partition coefficient (Wildman–Crippen LogP) is -1.34. The number of carbonyl (C=O) groups excluding carboxylic acids is 1. The number of hydrogen-bond acceptors (Lipinski definition) is 3. The van der Waals surface area contributed by atoms with Gasteiger partial charge in [0.2, 0.25) is 5.91 Å². The average molecular weight is 197 g/mol. The monoisotopic (exact) mass is 197 g/mol. The van der Waals surface area contributed by atoms with Crippen LogP contribution >= 0.6 is 0 Å². The zero-order chi connectivity index (χ0) is 10.7. The number of nitrogens with zero attached hydrogens (tertiary/aromatic N) is 1. The molecule has 1 aromatic heterocycles. The van der Waals surface area contributed by atoms with Crippen LogP contribution in [0.25, 0.3) is 0 Å². The molecule has 0 saturated carbocycles. The summed E-state index contributed by atoms with van der Waals surface area (Å²) in [7, 11) is 0. The van der Waals surface area contributed by atoms with Crippen molar-refractivity contribution in [1.29, 1.82) is 0 Å². The van der Waals surface area contributed by atoms with Gasteiger partial charge in [0.15, 0.2) is 0 Å². The number of H-pyrrole nitrogens is 1. The van der Waals surface area contributed by atoms with E-state index in [1.165, 1.54) is 16.8 Å². The largest absolute Gasteiger partial charge is 0.369 e. The summed E-state index contributed by atoms with van der Waals surface area (Å²) in [4.78, 5) is 34.7. The third kappa shape index (κ3) is 2.32. The Morgan fingerprint density at radius 3 is 2.79 bits per heavy atom. The van der Waals surface area contributed by atoms with Gasteiger partial charge in [0.05, 0.1) is 5.92 Å². The molecule has 14 heavy (non-hydrogen) atoms. The fourth-order valence-corrected chi connectivity index (χ4v) is 0.973. The zero-order valence-corrected chi connectivity index (χ0v) is 7.69. The summed E-state index contributed by atoms with van der Waals surface area (Å²) >= 11 is 0. The van der Waals surface area contributed by atoms with E-state index in [-0.39, 0.29) is 6.54 Å². The molecule has 1 unspecified atom stereocenters. The first-order chi connectivity index (χ1) is 6.50. The fraction of sp³-hybridized carbons (Fsp3) is 0.375. The molecule has 76 valence electrons. The summed E-state index contributed by atoms with van der Waals surface area (Å²) in [6.07, 6.45) is 1.33. The number of primary amides is 1. The Bertz CT molecular complexity index is 446. The molecule has 0 aromatic carbocycles. The van der Waals surface area contributed by atoms with Crippen LogP contribution in [0.2, 0.25) is 0 Å². The third-order valence-electron chi connectivity index (χ3n) is 1.85. The smallest absolute Gasteiger partial charge is 0.328 e. The molecule has 0 bridgehead atoms. The molecule has 0 spiro atoms. The molecule has 1 aromatic rings. The van der Waals surface area contributed by atoms with Gasteiger partial charge in [-0.2, -0.15) is 0 Å².